The van der Waals surface area contributed by atoms with Gasteiger partial charge < -0.3 is 19.4 Å². The van der Waals surface area contributed by atoms with Gasteiger partial charge in [-0.25, -0.2) is 0 Å². The minimum Gasteiger partial charge on any atom is -0.495 e. The predicted molar refractivity (Wildman–Crippen MR) is 102 cm³/mol. The highest BCUT2D eigenvalue weighted by Crippen LogP contribution is 2.28. The van der Waals surface area contributed by atoms with E-state index in [-0.39, 0.29) is 0 Å². The number of carbonyl (C=O) groups is 2. The summed E-state index contributed by atoms with van der Waals surface area (Å²) < 4.78 is 5.41. The lowest BCUT2D eigenvalue weighted by Gasteiger charge is -2.36. The Hall–Kier alpha value is -3.02. The van der Waals surface area contributed by atoms with Crippen molar-refractivity contribution in [2.75, 3.05) is 50.1 Å². The van der Waals surface area contributed by atoms with Gasteiger partial charge in [0.2, 0.25) is 0 Å². The van der Waals surface area contributed by atoms with Crippen molar-refractivity contribution in [1.82, 2.24) is 4.90 Å². The van der Waals surface area contributed by atoms with Crippen molar-refractivity contribution < 1.29 is 14.3 Å². The van der Waals surface area contributed by atoms with Gasteiger partial charge >= 0.3 is 11.8 Å². The number of carbonyl (C=O) groups excluding carboxylic acids is 2. The normalized spacial score (nSPS) is 14.1. The number of benzene rings is 2. The lowest BCUT2D eigenvalue weighted by molar-refractivity contribution is -0.144. The van der Waals surface area contributed by atoms with Crippen molar-refractivity contribution in [3.63, 3.8) is 0 Å². The molecule has 1 saturated heterocycles. The van der Waals surface area contributed by atoms with Crippen LogP contribution in [0.4, 0.5) is 11.4 Å². The number of piperazine rings is 1. The number of likely N-dealkylation sites (N-methyl/N-ethyl adjacent to an activating group) is 1. The maximum Gasteiger partial charge on any atom is 0.316 e. The van der Waals surface area contributed by atoms with Gasteiger partial charge in [0.05, 0.1) is 12.8 Å². The minimum absolute atomic E-state index is 0.462. The Balaban J connectivity index is 1.62. The molecular weight excluding hydrogens is 330 g/mol. The van der Waals surface area contributed by atoms with E-state index in [0.717, 1.165) is 11.4 Å². The van der Waals surface area contributed by atoms with E-state index in [1.165, 1.54) is 4.90 Å². The quantitative estimate of drug-likeness (QED) is 0.792. The predicted octanol–water partition coefficient (Wildman–Crippen LogP) is 2.01. The summed E-state index contributed by atoms with van der Waals surface area (Å²) in [4.78, 5) is 30.3. The first kappa shape index (κ1) is 17.8. The number of nitrogens with zero attached hydrogens (tertiary/aromatic N) is 3. The number of hydrogen-bond acceptors (Lipinski definition) is 4. The summed E-state index contributed by atoms with van der Waals surface area (Å²) in [7, 11) is 3.28. The van der Waals surface area contributed by atoms with Crippen LogP contribution in [0.25, 0.3) is 0 Å². The number of hydrogen-bond donors (Lipinski definition) is 0. The van der Waals surface area contributed by atoms with Crippen LogP contribution in [0.15, 0.2) is 54.6 Å². The minimum atomic E-state index is -0.512. The molecule has 0 N–H and O–H groups in total. The molecule has 0 radical (unpaired) electrons. The fourth-order valence-electron chi connectivity index (χ4n) is 3.09. The fourth-order valence-corrected chi connectivity index (χ4v) is 3.09. The van der Waals surface area contributed by atoms with Crippen LogP contribution >= 0.6 is 0 Å². The van der Waals surface area contributed by atoms with Crippen LogP contribution in [0.1, 0.15) is 0 Å². The maximum atomic E-state index is 12.6. The number of ether oxygens (including phenoxy) is 1. The van der Waals surface area contributed by atoms with Gasteiger partial charge in [-0.05, 0) is 24.3 Å². The third-order valence-corrected chi connectivity index (χ3v) is 4.62. The van der Waals surface area contributed by atoms with Gasteiger partial charge in [0.15, 0.2) is 0 Å². The molecule has 0 aliphatic carbocycles. The van der Waals surface area contributed by atoms with Crippen molar-refractivity contribution in [2.24, 2.45) is 0 Å². The number of amides is 2. The zero-order valence-corrected chi connectivity index (χ0v) is 15.1. The molecule has 2 amide bonds. The molecule has 136 valence electrons. The molecule has 6 nitrogen and oxygen atoms in total. The van der Waals surface area contributed by atoms with E-state index >= 15 is 0 Å². The average molecular weight is 353 g/mol. The Kier molecular flexibility index (Phi) is 5.41. The smallest absolute Gasteiger partial charge is 0.316 e. The molecule has 2 aromatic rings. The molecular formula is C20H23N3O3. The average Bonchev–Trinajstić information content (AvgIpc) is 2.73. The fraction of sp³-hybridized carbons (Fsp3) is 0.300. The second-order valence-corrected chi connectivity index (χ2v) is 6.15. The summed E-state index contributed by atoms with van der Waals surface area (Å²) in [6.45, 7) is 2.33. The lowest BCUT2D eigenvalue weighted by atomic mass is 10.2. The molecule has 1 aliphatic rings. The molecule has 0 saturated carbocycles. The highest BCUT2D eigenvalue weighted by atomic mass is 16.5. The first-order chi connectivity index (χ1) is 12.6. The van der Waals surface area contributed by atoms with Gasteiger partial charge in [0.25, 0.3) is 0 Å². The zero-order valence-electron chi connectivity index (χ0n) is 15.1. The molecule has 26 heavy (non-hydrogen) atoms. The Bertz CT molecular complexity index is 771. The Morgan fingerprint density at radius 1 is 0.923 bits per heavy atom. The molecule has 3 rings (SSSR count). The van der Waals surface area contributed by atoms with Gasteiger partial charge in [-0.15, -0.1) is 0 Å². The van der Waals surface area contributed by atoms with Gasteiger partial charge in [-0.1, -0.05) is 30.3 Å². The summed E-state index contributed by atoms with van der Waals surface area (Å²) in [6, 6.07) is 17.0. The summed E-state index contributed by atoms with van der Waals surface area (Å²) in [5.74, 6) is -0.162. The molecule has 1 heterocycles. The summed E-state index contributed by atoms with van der Waals surface area (Å²) >= 11 is 0. The second-order valence-electron chi connectivity index (χ2n) is 6.15. The number of para-hydroxylation sites is 3. The van der Waals surface area contributed by atoms with Crippen molar-refractivity contribution in [1.29, 1.82) is 0 Å². The molecule has 6 heteroatoms. The van der Waals surface area contributed by atoms with E-state index in [9.17, 15) is 9.59 Å². The third-order valence-electron chi connectivity index (χ3n) is 4.62. The number of methoxy groups -OCH3 is 1. The van der Waals surface area contributed by atoms with E-state index in [1.807, 2.05) is 54.6 Å². The van der Waals surface area contributed by atoms with Gasteiger partial charge in [-0.3, -0.25) is 9.59 Å². The topological polar surface area (TPSA) is 53.1 Å². The van der Waals surface area contributed by atoms with E-state index in [2.05, 4.69) is 4.90 Å². The lowest BCUT2D eigenvalue weighted by Crippen LogP contribution is -2.53. The largest absolute Gasteiger partial charge is 0.495 e. The van der Waals surface area contributed by atoms with Crippen LogP contribution in [0.5, 0.6) is 5.75 Å². The third kappa shape index (κ3) is 3.64. The van der Waals surface area contributed by atoms with Crippen LogP contribution in [0.2, 0.25) is 0 Å². The Morgan fingerprint density at radius 2 is 1.54 bits per heavy atom. The number of rotatable bonds is 3. The Morgan fingerprint density at radius 3 is 2.19 bits per heavy atom. The molecule has 2 aromatic carbocycles. The molecule has 1 fully saturated rings. The summed E-state index contributed by atoms with van der Waals surface area (Å²) in [5, 5.41) is 0. The van der Waals surface area contributed by atoms with Gasteiger partial charge in [0.1, 0.15) is 5.75 Å². The van der Waals surface area contributed by atoms with Crippen molar-refractivity contribution in [3.8, 4) is 5.75 Å². The second kappa shape index (κ2) is 7.91. The maximum absolute atomic E-state index is 12.6. The van der Waals surface area contributed by atoms with Crippen LogP contribution < -0.4 is 14.5 Å². The molecule has 1 aliphatic heterocycles. The molecule has 0 aromatic heterocycles. The van der Waals surface area contributed by atoms with Crippen LogP contribution in [-0.4, -0.2) is 57.1 Å². The van der Waals surface area contributed by atoms with E-state index in [4.69, 9.17) is 4.74 Å². The van der Waals surface area contributed by atoms with E-state index < -0.39 is 11.8 Å². The first-order valence-electron chi connectivity index (χ1n) is 8.62. The molecule has 0 unspecified atom stereocenters. The summed E-state index contributed by atoms with van der Waals surface area (Å²) in [6.07, 6.45) is 0. The van der Waals surface area contributed by atoms with Crippen molar-refractivity contribution in [3.05, 3.63) is 54.6 Å². The van der Waals surface area contributed by atoms with Crippen LogP contribution in [-0.2, 0) is 9.59 Å². The zero-order chi connectivity index (χ0) is 18.5. The SMILES string of the molecule is COc1ccccc1N1CCN(C(=O)C(=O)N(C)c2ccccc2)CC1. The Labute approximate surface area is 153 Å². The highest BCUT2D eigenvalue weighted by molar-refractivity contribution is 6.40. The van der Waals surface area contributed by atoms with Gasteiger partial charge in [-0.2, -0.15) is 0 Å². The van der Waals surface area contributed by atoms with E-state index in [1.54, 1.807) is 19.1 Å². The molecule has 0 spiro atoms. The van der Waals surface area contributed by atoms with Crippen molar-refractivity contribution >= 4 is 23.2 Å². The highest BCUT2D eigenvalue weighted by Gasteiger charge is 2.29. The number of anilines is 2. The monoisotopic (exact) mass is 353 g/mol. The van der Waals surface area contributed by atoms with Crippen LogP contribution in [0.3, 0.4) is 0 Å². The summed E-state index contributed by atoms with van der Waals surface area (Å²) in [5.41, 5.74) is 1.72. The molecule has 0 bridgehead atoms. The van der Waals surface area contributed by atoms with Crippen LogP contribution in [0, 0.1) is 0 Å². The molecule has 0 atom stereocenters. The van der Waals surface area contributed by atoms with Gasteiger partial charge in [0, 0.05) is 38.9 Å². The standard InChI is InChI=1S/C20H23N3O3/c1-21(16-8-4-3-5-9-16)19(24)20(25)23-14-12-22(13-15-23)17-10-6-7-11-18(17)26-2/h3-11H,12-15H2,1-2H3. The van der Waals surface area contributed by atoms with E-state index in [0.29, 0.717) is 31.9 Å². The van der Waals surface area contributed by atoms with Crippen molar-refractivity contribution in [2.45, 2.75) is 0 Å². The first-order valence-corrected chi connectivity index (χ1v) is 8.62.